The molecule has 3 N–H and O–H groups in total. The molecule has 3 rings (SSSR count). The lowest BCUT2D eigenvalue weighted by Crippen LogP contribution is -2.21. The van der Waals surface area contributed by atoms with Gasteiger partial charge >= 0.3 is 0 Å². The molecule has 2 nitrogen and oxygen atoms in total. The van der Waals surface area contributed by atoms with Crippen LogP contribution in [0.1, 0.15) is 24.8 Å². The molecule has 16 heavy (non-hydrogen) atoms. The number of hydrogen-bond acceptors (Lipinski definition) is 1. The van der Waals surface area contributed by atoms with Crippen molar-refractivity contribution in [1.82, 2.24) is 4.98 Å². The highest BCUT2D eigenvalue weighted by Crippen LogP contribution is 2.37. The number of aromatic nitrogens is 1. The van der Waals surface area contributed by atoms with Crippen molar-refractivity contribution < 1.29 is 0 Å². The number of halogens is 1. The van der Waals surface area contributed by atoms with Gasteiger partial charge in [0.15, 0.2) is 0 Å². The molecule has 1 aliphatic carbocycles. The number of aromatic amines is 1. The van der Waals surface area contributed by atoms with Gasteiger partial charge in [-0.05, 0) is 43.4 Å². The van der Waals surface area contributed by atoms with Crippen LogP contribution in [-0.2, 0) is 6.42 Å². The second-order valence-corrected chi connectivity index (χ2v) is 5.25. The molecule has 2 aromatic rings. The number of benzene rings is 1. The summed E-state index contributed by atoms with van der Waals surface area (Å²) in [5, 5.41) is 1.99. The summed E-state index contributed by atoms with van der Waals surface area (Å²) >= 11 is 6.22. The molecule has 84 valence electrons. The highest BCUT2D eigenvalue weighted by molar-refractivity contribution is 6.35. The van der Waals surface area contributed by atoms with E-state index in [9.17, 15) is 0 Å². The van der Waals surface area contributed by atoms with Crippen molar-refractivity contribution in [2.45, 2.75) is 31.2 Å². The van der Waals surface area contributed by atoms with Gasteiger partial charge < -0.3 is 10.7 Å². The Hall–Kier alpha value is -0.990. The van der Waals surface area contributed by atoms with E-state index in [-0.39, 0.29) is 5.54 Å². The summed E-state index contributed by atoms with van der Waals surface area (Å²) < 4.78 is 0. The van der Waals surface area contributed by atoms with Crippen LogP contribution in [0.2, 0.25) is 5.02 Å². The number of nitrogens with one attached hydrogen (secondary N) is 1. The minimum atomic E-state index is 0.116. The Morgan fingerprint density at radius 3 is 2.94 bits per heavy atom. The Balaban J connectivity index is 1.91. The molecular weight excluding hydrogens is 220 g/mol. The van der Waals surface area contributed by atoms with Gasteiger partial charge in [0.1, 0.15) is 0 Å². The van der Waals surface area contributed by atoms with E-state index in [1.165, 1.54) is 18.4 Å². The van der Waals surface area contributed by atoms with Crippen molar-refractivity contribution in [3.63, 3.8) is 0 Å². The van der Waals surface area contributed by atoms with Gasteiger partial charge in [0.25, 0.3) is 0 Å². The maximum Gasteiger partial charge on any atom is 0.0502 e. The van der Waals surface area contributed by atoms with Crippen molar-refractivity contribution in [1.29, 1.82) is 0 Å². The highest BCUT2D eigenvalue weighted by Gasteiger charge is 2.37. The molecular formula is C13H15ClN2. The zero-order valence-corrected chi connectivity index (χ0v) is 9.85. The normalized spacial score (nSPS) is 17.9. The summed E-state index contributed by atoms with van der Waals surface area (Å²) in [6, 6.07) is 5.97. The van der Waals surface area contributed by atoms with Crippen LogP contribution in [0.5, 0.6) is 0 Å². The molecule has 0 atom stereocenters. The second-order valence-electron chi connectivity index (χ2n) is 4.84. The summed E-state index contributed by atoms with van der Waals surface area (Å²) in [4.78, 5) is 3.26. The van der Waals surface area contributed by atoms with Crippen LogP contribution in [0, 0.1) is 0 Å². The quantitative estimate of drug-likeness (QED) is 0.841. The minimum absolute atomic E-state index is 0.116. The fraction of sp³-hybridized carbons (Fsp3) is 0.385. The van der Waals surface area contributed by atoms with E-state index in [0.717, 1.165) is 28.8 Å². The molecule has 1 heterocycles. The zero-order valence-electron chi connectivity index (χ0n) is 9.09. The Morgan fingerprint density at radius 2 is 2.19 bits per heavy atom. The highest BCUT2D eigenvalue weighted by atomic mass is 35.5. The molecule has 0 bridgehead atoms. The maximum absolute atomic E-state index is 6.22. The van der Waals surface area contributed by atoms with E-state index in [1.54, 1.807) is 0 Å². The van der Waals surface area contributed by atoms with Crippen LogP contribution in [0.25, 0.3) is 10.9 Å². The van der Waals surface area contributed by atoms with E-state index >= 15 is 0 Å². The molecule has 1 saturated carbocycles. The average molecular weight is 235 g/mol. The SMILES string of the molecule is NC1(CCc2c[nH]c3cccc(Cl)c23)CC1. The van der Waals surface area contributed by atoms with Gasteiger partial charge in [-0.25, -0.2) is 0 Å². The number of H-pyrrole nitrogens is 1. The lowest BCUT2D eigenvalue weighted by molar-refractivity contribution is 0.610. The molecule has 0 unspecified atom stereocenters. The fourth-order valence-electron chi connectivity index (χ4n) is 2.20. The van der Waals surface area contributed by atoms with Crippen LogP contribution in [0.4, 0.5) is 0 Å². The predicted octanol–water partition coefficient (Wildman–Crippen LogP) is 3.25. The number of nitrogens with two attached hydrogens (primary N) is 1. The molecule has 1 aromatic carbocycles. The second kappa shape index (κ2) is 3.51. The molecule has 0 spiro atoms. The summed E-state index contributed by atoms with van der Waals surface area (Å²) in [5.41, 5.74) is 8.62. The van der Waals surface area contributed by atoms with Gasteiger partial charge in [0.2, 0.25) is 0 Å². The van der Waals surface area contributed by atoms with Crippen LogP contribution >= 0.6 is 11.6 Å². The molecule has 0 saturated heterocycles. The van der Waals surface area contributed by atoms with E-state index in [1.807, 2.05) is 12.1 Å². The lowest BCUT2D eigenvalue weighted by atomic mass is 10.0. The molecule has 0 aliphatic heterocycles. The van der Waals surface area contributed by atoms with Gasteiger partial charge in [-0.1, -0.05) is 17.7 Å². The van der Waals surface area contributed by atoms with Crippen LogP contribution in [0.15, 0.2) is 24.4 Å². The van der Waals surface area contributed by atoms with Gasteiger partial charge in [-0.3, -0.25) is 0 Å². The number of fused-ring (bicyclic) bond motifs is 1. The smallest absolute Gasteiger partial charge is 0.0502 e. The first-order valence-corrected chi connectivity index (χ1v) is 6.09. The monoisotopic (exact) mass is 234 g/mol. The first-order valence-electron chi connectivity index (χ1n) is 5.71. The Bertz CT molecular complexity index is 526. The molecule has 0 radical (unpaired) electrons. The zero-order chi connectivity index (χ0) is 11.2. The summed E-state index contributed by atoms with van der Waals surface area (Å²) in [6.45, 7) is 0. The van der Waals surface area contributed by atoms with Crippen molar-refractivity contribution >= 4 is 22.5 Å². The van der Waals surface area contributed by atoms with Gasteiger partial charge in [0.05, 0.1) is 5.02 Å². The maximum atomic E-state index is 6.22. The summed E-state index contributed by atoms with van der Waals surface area (Å²) in [7, 11) is 0. The van der Waals surface area contributed by atoms with Crippen LogP contribution in [-0.4, -0.2) is 10.5 Å². The Kier molecular flexibility index (Phi) is 2.23. The van der Waals surface area contributed by atoms with E-state index in [2.05, 4.69) is 17.2 Å². The van der Waals surface area contributed by atoms with E-state index < -0.39 is 0 Å². The van der Waals surface area contributed by atoms with Crippen molar-refractivity contribution in [2.75, 3.05) is 0 Å². The largest absolute Gasteiger partial charge is 0.361 e. The van der Waals surface area contributed by atoms with Crippen molar-refractivity contribution in [3.05, 3.63) is 35.0 Å². The summed E-state index contributed by atoms with van der Waals surface area (Å²) in [6.07, 6.45) is 6.47. The number of aryl methyl sites for hydroxylation is 1. The molecule has 1 aliphatic rings. The molecule has 3 heteroatoms. The third-order valence-corrected chi connectivity index (χ3v) is 3.84. The molecule has 1 fully saturated rings. The fourth-order valence-corrected chi connectivity index (χ4v) is 2.50. The number of rotatable bonds is 3. The standard InChI is InChI=1S/C13H15ClN2/c14-10-2-1-3-11-12(10)9(8-16-11)4-5-13(15)6-7-13/h1-3,8,16H,4-7,15H2. The van der Waals surface area contributed by atoms with Crippen LogP contribution in [0.3, 0.4) is 0 Å². The molecule has 0 amide bonds. The average Bonchev–Trinajstić information content (AvgIpc) is 2.86. The third-order valence-electron chi connectivity index (χ3n) is 3.52. The Labute approximate surface area is 99.8 Å². The van der Waals surface area contributed by atoms with E-state index in [0.29, 0.717) is 0 Å². The van der Waals surface area contributed by atoms with E-state index in [4.69, 9.17) is 17.3 Å². The molecule has 1 aromatic heterocycles. The first-order chi connectivity index (χ1) is 7.68. The summed E-state index contributed by atoms with van der Waals surface area (Å²) in [5.74, 6) is 0. The van der Waals surface area contributed by atoms with Crippen molar-refractivity contribution in [3.8, 4) is 0 Å². The lowest BCUT2D eigenvalue weighted by Gasteiger charge is -2.07. The van der Waals surface area contributed by atoms with Gasteiger partial charge in [-0.2, -0.15) is 0 Å². The topological polar surface area (TPSA) is 41.8 Å². The predicted molar refractivity (Wildman–Crippen MR) is 67.8 cm³/mol. The van der Waals surface area contributed by atoms with Gasteiger partial charge in [-0.15, -0.1) is 0 Å². The first kappa shape index (κ1) is 10.2. The van der Waals surface area contributed by atoms with Crippen LogP contribution < -0.4 is 5.73 Å². The van der Waals surface area contributed by atoms with Gasteiger partial charge in [0, 0.05) is 22.6 Å². The Morgan fingerprint density at radius 1 is 1.38 bits per heavy atom. The minimum Gasteiger partial charge on any atom is -0.361 e. The number of hydrogen-bond donors (Lipinski definition) is 2. The van der Waals surface area contributed by atoms with Crippen molar-refractivity contribution in [2.24, 2.45) is 5.73 Å². The third kappa shape index (κ3) is 1.72.